The number of para-hydroxylation sites is 2. The molecule has 0 saturated heterocycles. The normalized spacial score (nSPS) is 10.9. The molecule has 0 saturated carbocycles. The molecule has 2 aromatic carbocycles. The molecule has 0 aliphatic heterocycles. The van der Waals surface area contributed by atoms with Crippen molar-refractivity contribution in [2.24, 2.45) is 0 Å². The lowest BCUT2D eigenvalue weighted by Gasteiger charge is -2.00. The lowest BCUT2D eigenvalue weighted by Crippen LogP contribution is -1.84. The van der Waals surface area contributed by atoms with Crippen LogP contribution in [0.15, 0.2) is 46.9 Å². The van der Waals surface area contributed by atoms with Gasteiger partial charge in [0.15, 0.2) is 5.58 Å². The van der Waals surface area contributed by atoms with Gasteiger partial charge in [-0.2, -0.15) is 0 Å². The number of halogens is 1. The SMILES string of the molecule is Oc1cccc(F)c1-c1nc2ccccc2o1. The molecule has 3 rings (SSSR count). The number of hydrogen-bond donors (Lipinski definition) is 1. The number of aromatic hydroxyl groups is 1. The van der Waals surface area contributed by atoms with Crippen molar-refractivity contribution in [3.8, 4) is 17.2 Å². The molecule has 0 spiro atoms. The number of oxazole rings is 1. The molecule has 0 unspecified atom stereocenters. The molecule has 0 aliphatic rings. The standard InChI is InChI=1S/C13H8FNO2/c14-8-4-3-6-10(16)12(8)13-15-9-5-1-2-7-11(9)17-13/h1-7,16H. The van der Waals surface area contributed by atoms with Crippen molar-refractivity contribution in [2.75, 3.05) is 0 Å². The third kappa shape index (κ3) is 1.54. The molecule has 4 heteroatoms. The van der Waals surface area contributed by atoms with Crippen LogP contribution < -0.4 is 0 Å². The fourth-order valence-corrected chi connectivity index (χ4v) is 1.70. The summed E-state index contributed by atoms with van der Waals surface area (Å²) in [6.07, 6.45) is 0. The van der Waals surface area contributed by atoms with Gasteiger partial charge in [0, 0.05) is 0 Å². The molecule has 0 fully saturated rings. The molecular weight excluding hydrogens is 221 g/mol. The van der Waals surface area contributed by atoms with Crippen LogP contribution in [0.2, 0.25) is 0 Å². The summed E-state index contributed by atoms with van der Waals surface area (Å²) in [5.74, 6) is -0.657. The van der Waals surface area contributed by atoms with Gasteiger partial charge in [0.25, 0.3) is 0 Å². The fourth-order valence-electron chi connectivity index (χ4n) is 1.70. The largest absolute Gasteiger partial charge is 0.507 e. The van der Waals surface area contributed by atoms with E-state index in [1.165, 1.54) is 18.2 Å². The highest BCUT2D eigenvalue weighted by atomic mass is 19.1. The zero-order chi connectivity index (χ0) is 11.8. The van der Waals surface area contributed by atoms with Crippen LogP contribution in [0.25, 0.3) is 22.6 Å². The third-order valence-electron chi connectivity index (χ3n) is 2.50. The van der Waals surface area contributed by atoms with Crippen LogP contribution in [0.3, 0.4) is 0 Å². The highest BCUT2D eigenvalue weighted by Crippen LogP contribution is 2.32. The minimum absolute atomic E-state index is 0.0105. The van der Waals surface area contributed by atoms with Gasteiger partial charge in [0.1, 0.15) is 22.6 Å². The Morgan fingerprint density at radius 2 is 1.88 bits per heavy atom. The highest BCUT2D eigenvalue weighted by Gasteiger charge is 2.16. The summed E-state index contributed by atoms with van der Waals surface area (Å²) < 4.78 is 19.0. The van der Waals surface area contributed by atoms with Crippen molar-refractivity contribution in [3.63, 3.8) is 0 Å². The molecule has 0 radical (unpaired) electrons. The van der Waals surface area contributed by atoms with E-state index in [9.17, 15) is 9.50 Å². The van der Waals surface area contributed by atoms with Gasteiger partial charge in [-0.15, -0.1) is 0 Å². The Bertz CT molecular complexity index is 637. The summed E-state index contributed by atoms with van der Waals surface area (Å²) in [5, 5.41) is 9.63. The number of aromatic nitrogens is 1. The maximum Gasteiger partial charge on any atom is 0.234 e. The zero-order valence-electron chi connectivity index (χ0n) is 8.72. The number of benzene rings is 2. The lowest BCUT2D eigenvalue weighted by molar-refractivity contribution is 0.467. The predicted octanol–water partition coefficient (Wildman–Crippen LogP) is 3.34. The summed E-state index contributed by atoms with van der Waals surface area (Å²) in [4.78, 5) is 4.14. The summed E-state index contributed by atoms with van der Waals surface area (Å²) in [7, 11) is 0. The number of hydrogen-bond acceptors (Lipinski definition) is 3. The van der Waals surface area contributed by atoms with Crippen molar-refractivity contribution >= 4 is 11.1 Å². The molecule has 0 bridgehead atoms. The molecular formula is C13H8FNO2. The van der Waals surface area contributed by atoms with E-state index in [-0.39, 0.29) is 17.2 Å². The maximum absolute atomic E-state index is 13.6. The van der Waals surface area contributed by atoms with Gasteiger partial charge in [-0.3, -0.25) is 0 Å². The summed E-state index contributed by atoms with van der Waals surface area (Å²) in [6, 6.07) is 11.2. The molecule has 3 aromatic rings. The minimum Gasteiger partial charge on any atom is -0.507 e. The molecule has 0 amide bonds. The second-order valence-electron chi connectivity index (χ2n) is 3.62. The van der Waals surface area contributed by atoms with Crippen LogP contribution >= 0.6 is 0 Å². The number of phenolic OH excluding ortho intramolecular Hbond substituents is 1. The molecule has 1 aromatic heterocycles. The van der Waals surface area contributed by atoms with Crippen molar-refractivity contribution in [1.82, 2.24) is 4.98 Å². The average Bonchev–Trinajstić information content (AvgIpc) is 2.71. The lowest BCUT2D eigenvalue weighted by atomic mass is 10.2. The molecule has 84 valence electrons. The molecule has 1 N–H and O–H groups in total. The van der Waals surface area contributed by atoms with E-state index >= 15 is 0 Å². The van der Waals surface area contributed by atoms with Gasteiger partial charge in [-0.25, -0.2) is 9.37 Å². The predicted molar refractivity (Wildman–Crippen MR) is 61.1 cm³/mol. The van der Waals surface area contributed by atoms with Crippen LogP contribution in [0.4, 0.5) is 4.39 Å². The number of nitrogens with zero attached hydrogens (tertiary/aromatic N) is 1. The van der Waals surface area contributed by atoms with E-state index in [1.807, 2.05) is 6.07 Å². The first-order valence-corrected chi connectivity index (χ1v) is 5.09. The van der Waals surface area contributed by atoms with Gasteiger partial charge < -0.3 is 9.52 Å². The van der Waals surface area contributed by atoms with E-state index < -0.39 is 5.82 Å². The van der Waals surface area contributed by atoms with E-state index in [2.05, 4.69) is 4.98 Å². The molecule has 0 atom stereocenters. The topological polar surface area (TPSA) is 46.3 Å². The first-order chi connectivity index (χ1) is 8.25. The maximum atomic E-state index is 13.6. The summed E-state index contributed by atoms with van der Waals surface area (Å²) in [6.45, 7) is 0. The van der Waals surface area contributed by atoms with Crippen LogP contribution in [0, 0.1) is 5.82 Å². The Hall–Kier alpha value is -2.36. The van der Waals surface area contributed by atoms with E-state index in [0.717, 1.165) is 0 Å². The second-order valence-corrected chi connectivity index (χ2v) is 3.62. The van der Waals surface area contributed by atoms with Crippen LogP contribution in [-0.2, 0) is 0 Å². The molecule has 0 aliphatic carbocycles. The Balaban J connectivity index is 2.27. The first kappa shape index (κ1) is 9.84. The second kappa shape index (κ2) is 3.59. The zero-order valence-corrected chi connectivity index (χ0v) is 8.72. The summed E-state index contributed by atoms with van der Waals surface area (Å²) in [5.41, 5.74) is 1.18. The number of rotatable bonds is 1. The Morgan fingerprint density at radius 3 is 2.65 bits per heavy atom. The van der Waals surface area contributed by atoms with Crippen molar-refractivity contribution in [1.29, 1.82) is 0 Å². The smallest absolute Gasteiger partial charge is 0.234 e. The fraction of sp³-hybridized carbons (Fsp3) is 0. The van der Waals surface area contributed by atoms with Crippen molar-refractivity contribution < 1.29 is 13.9 Å². The Morgan fingerprint density at radius 1 is 1.06 bits per heavy atom. The molecule has 1 heterocycles. The van der Waals surface area contributed by atoms with Crippen LogP contribution in [-0.4, -0.2) is 10.1 Å². The molecule has 3 nitrogen and oxygen atoms in total. The van der Waals surface area contributed by atoms with E-state index in [4.69, 9.17) is 4.42 Å². The Kier molecular flexibility index (Phi) is 2.08. The van der Waals surface area contributed by atoms with Gasteiger partial charge in [-0.1, -0.05) is 18.2 Å². The highest BCUT2D eigenvalue weighted by molar-refractivity contribution is 5.77. The minimum atomic E-state index is -0.559. The van der Waals surface area contributed by atoms with E-state index in [1.54, 1.807) is 18.2 Å². The van der Waals surface area contributed by atoms with Crippen molar-refractivity contribution in [2.45, 2.75) is 0 Å². The molecule has 17 heavy (non-hydrogen) atoms. The quantitative estimate of drug-likeness (QED) is 0.696. The van der Waals surface area contributed by atoms with E-state index in [0.29, 0.717) is 11.1 Å². The third-order valence-corrected chi connectivity index (χ3v) is 2.50. The van der Waals surface area contributed by atoms with Crippen LogP contribution in [0.1, 0.15) is 0 Å². The van der Waals surface area contributed by atoms with Gasteiger partial charge in [0.2, 0.25) is 5.89 Å². The number of phenols is 1. The van der Waals surface area contributed by atoms with Gasteiger partial charge in [-0.05, 0) is 24.3 Å². The van der Waals surface area contributed by atoms with Crippen LogP contribution in [0.5, 0.6) is 5.75 Å². The average molecular weight is 229 g/mol. The Labute approximate surface area is 96.1 Å². The monoisotopic (exact) mass is 229 g/mol. The van der Waals surface area contributed by atoms with Gasteiger partial charge >= 0.3 is 0 Å². The summed E-state index contributed by atoms with van der Waals surface area (Å²) >= 11 is 0. The first-order valence-electron chi connectivity index (χ1n) is 5.09. The van der Waals surface area contributed by atoms with Gasteiger partial charge in [0.05, 0.1) is 0 Å². The number of fused-ring (bicyclic) bond motifs is 1. The van der Waals surface area contributed by atoms with Crippen molar-refractivity contribution in [3.05, 3.63) is 48.3 Å².